The van der Waals surface area contributed by atoms with Crippen LogP contribution in [-0.2, 0) is 13.0 Å². The number of carbonyl (C=O) groups is 1. The van der Waals surface area contributed by atoms with Crippen LogP contribution in [0.1, 0.15) is 41.5 Å². The summed E-state index contributed by atoms with van der Waals surface area (Å²) in [5, 5.41) is 7.37. The molecule has 0 unspecified atom stereocenters. The van der Waals surface area contributed by atoms with Crippen LogP contribution >= 0.6 is 11.3 Å². The van der Waals surface area contributed by atoms with Gasteiger partial charge in [-0.3, -0.25) is 4.90 Å². The lowest BCUT2D eigenvalue weighted by molar-refractivity contribution is 0.249. The van der Waals surface area contributed by atoms with Crippen molar-refractivity contribution in [2.24, 2.45) is 0 Å². The fraction of sp³-hybridized carbons (Fsp3) is 0.348. The van der Waals surface area contributed by atoms with Crippen LogP contribution in [0.25, 0.3) is 5.00 Å². The molecule has 0 saturated carbocycles. The van der Waals surface area contributed by atoms with Gasteiger partial charge in [0.25, 0.3) is 0 Å². The number of aryl methyl sites for hydroxylation is 1. The Kier molecular flexibility index (Phi) is 5.74. The smallest absolute Gasteiger partial charge is 0.319 e. The number of anilines is 1. The first-order valence-corrected chi connectivity index (χ1v) is 11.0. The summed E-state index contributed by atoms with van der Waals surface area (Å²) >= 11 is 1.85. The van der Waals surface area contributed by atoms with E-state index in [1.165, 1.54) is 21.0 Å². The number of hydrogen-bond donors (Lipinski definition) is 2. The molecule has 5 nitrogen and oxygen atoms in total. The first-order valence-electron chi connectivity index (χ1n) is 10.2. The molecule has 0 saturated heterocycles. The van der Waals surface area contributed by atoms with Crippen LogP contribution in [0.5, 0.6) is 0 Å². The van der Waals surface area contributed by atoms with Crippen molar-refractivity contribution in [3.05, 3.63) is 70.4 Å². The monoisotopic (exact) mass is 408 g/mol. The summed E-state index contributed by atoms with van der Waals surface area (Å²) in [7, 11) is 0. The lowest BCUT2D eigenvalue weighted by Crippen LogP contribution is -2.33. The van der Waals surface area contributed by atoms with Crippen LogP contribution in [0.2, 0.25) is 0 Å². The maximum Gasteiger partial charge on any atom is 0.319 e. The van der Waals surface area contributed by atoms with Crippen LogP contribution in [0.3, 0.4) is 0 Å². The summed E-state index contributed by atoms with van der Waals surface area (Å²) in [4.78, 5) is 16.6. The Hall–Kier alpha value is -2.57. The molecule has 0 radical (unpaired) electrons. The van der Waals surface area contributed by atoms with Gasteiger partial charge in [-0.15, -0.1) is 11.3 Å². The molecule has 29 heavy (non-hydrogen) atoms. The molecule has 2 amide bonds. The Labute approximate surface area is 176 Å². The summed E-state index contributed by atoms with van der Waals surface area (Å²) in [6, 6.07) is 11.7. The third-order valence-corrected chi connectivity index (χ3v) is 6.86. The Balaban J connectivity index is 1.60. The molecular formula is C23H28N4OS. The Morgan fingerprint density at radius 1 is 1.21 bits per heavy atom. The van der Waals surface area contributed by atoms with E-state index in [4.69, 9.17) is 0 Å². The summed E-state index contributed by atoms with van der Waals surface area (Å²) in [6.07, 6.45) is 5.19. The third kappa shape index (κ3) is 4.09. The number of urea groups is 1. The molecule has 0 spiro atoms. The van der Waals surface area contributed by atoms with Gasteiger partial charge in [0.1, 0.15) is 5.00 Å². The topological polar surface area (TPSA) is 49.3 Å². The highest BCUT2D eigenvalue weighted by molar-refractivity contribution is 7.15. The highest BCUT2D eigenvalue weighted by Crippen LogP contribution is 2.39. The zero-order chi connectivity index (χ0) is 20.4. The number of likely N-dealkylation sites (N-methyl/N-ethyl adjacent to an activating group) is 1. The van der Waals surface area contributed by atoms with Gasteiger partial charge < -0.3 is 15.2 Å². The number of para-hydroxylation sites is 1. The van der Waals surface area contributed by atoms with E-state index in [1.807, 2.05) is 54.7 Å². The molecule has 0 fully saturated rings. The first kappa shape index (κ1) is 19.7. The molecule has 3 heterocycles. The predicted molar refractivity (Wildman–Crippen MR) is 120 cm³/mol. The molecule has 1 aromatic carbocycles. The second-order valence-electron chi connectivity index (χ2n) is 7.57. The number of amides is 2. The highest BCUT2D eigenvalue weighted by Gasteiger charge is 2.28. The molecular weight excluding hydrogens is 380 g/mol. The molecule has 0 aliphatic carbocycles. The lowest BCUT2D eigenvalue weighted by Gasteiger charge is -2.26. The minimum absolute atomic E-state index is 0.0791. The highest BCUT2D eigenvalue weighted by atomic mass is 32.1. The SMILES string of the molecule is CCN1CCc2c(sc(-n3cccc3)c2[C@@H](C)NC(=O)Nc2ccccc2C)C1. The molecule has 2 N–H and O–H groups in total. The number of hydrogen-bond acceptors (Lipinski definition) is 3. The molecule has 4 rings (SSSR count). The fourth-order valence-electron chi connectivity index (χ4n) is 3.98. The fourth-order valence-corrected chi connectivity index (χ4v) is 5.44. The van der Waals surface area contributed by atoms with E-state index in [-0.39, 0.29) is 12.1 Å². The Bertz CT molecular complexity index is 992. The van der Waals surface area contributed by atoms with Gasteiger partial charge in [0.15, 0.2) is 0 Å². The predicted octanol–water partition coefficient (Wildman–Crippen LogP) is 5.11. The van der Waals surface area contributed by atoms with Gasteiger partial charge in [0.2, 0.25) is 0 Å². The molecule has 2 aromatic heterocycles. The van der Waals surface area contributed by atoms with Crippen molar-refractivity contribution in [3.63, 3.8) is 0 Å². The van der Waals surface area contributed by atoms with Gasteiger partial charge in [-0.25, -0.2) is 4.79 Å². The van der Waals surface area contributed by atoms with Crippen LogP contribution in [0.4, 0.5) is 10.5 Å². The molecule has 6 heteroatoms. The van der Waals surface area contributed by atoms with Crippen LogP contribution < -0.4 is 10.6 Å². The van der Waals surface area contributed by atoms with Crippen molar-refractivity contribution in [1.82, 2.24) is 14.8 Å². The minimum Gasteiger partial charge on any atom is -0.331 e. The Morgan fingerprint density at radius 2 is 1.97 bits per heavy atom. The zero-order valence-electron chi connectivity index (χ0n) is 17.2. The van der Waals surface area contributed by atoms with E-state index in [9.17, 15) is 4.79 Å². The number of benzene rings is 1. The summed E-state index contributed by atoms with van der Waals surface area (Å²) in [6.45, 7) is 9.43. The minimum atomic E-state index is -0.170. The number of nitrogens with zero attached hydrogens (tertiary/aromatic N) is 2. The van der Waals surface area contributed by atoms with E-state index in [0.717, 1.165) is 37.3 Å². The van der Waals surface area contributed by atoms with Crippen molar-refractivity contribution < 1.29 is 4.79 Å². The lowest BCUT2D eigenvalue weighted by atomic mass is 9.98. The maximum atomic E-state index is 12.7. The van der Waals surface area contributed by atoms with E-state index < -0.39 is 0 Å². The summed E-state index contributed by atoms with van der Waals surface area (Å²) in [5.41, 5.74) is 4.55. The number of rotatable bonds is 5. The third-order valence-electron chi connectivity index (χ3n) is 5.62. The number of carbonyl (C=O) groups excluding carboxylic acids is 1. The van der Waals surface area contributed by atoms with Gasteiger partial charge in [-0.1, -0.05) is 25.1 Å². The van der Waals surface area contributed by atoms with Gasteiger partial charge in [-0.05, 0) is 56.1 Å². The van der Waals surface area contributed by atoms with Crippen LogP contribution in [-0.4, -0.2) is 28.6 Å². The number of thiophene rings is 1. The van der Waals surface area contributed by atoms with Crippen molar-refractivity contribution in [1.29, 1.82) is 0 Å². The van der Waals surface area contributed by atoms with Crippen LogP contribution in [0, 0.1) is 6.92 Å². The average Bonchev–Trinajstić information content (AvgIpc) is 3.36. The quantitative estimate of drug-likeness (QED) is 0.616. The number of fused-ring (bicyclic) bond motifs is 1. The molecule has 0 bridgehead atoms. The molecule has 3 aromatic rings. The first-order chi connectivity index (χ1) is 14.1. The number of aromatic nitrogens is 1. The zero-order valence-corrected chi connectivity index (χ0v) is 18.1. The van der Waals surface area contributed by atoms with Gasteiger partial charge in [-0.2, -0.15) is 0 Å². The Morgan fingerprint density at radius 3 is 2.69 bits per heavy atom. The molecule has 1 atom stereocenters. The molecule has 1 aliphatic heterocycles. The van der Waals surface area contributed by atoms with Gasteiger partial charge in [0.05, 0.1) is 6.04 Å². The number of nitrogens with one attached hydrogen (secondary N) is 2. The molecule has 1 aliphatic rings. The van der Waals surface area contributed by atoms with E-state index in [0.29, 0.717) is 0 Å². The second kappa shape index (κ2) is 8.43. The van der Waals surface area contributed by atoms with Gasteiger partial charge >= 0.3 is 6.03 Å². The van der Waals surface area contributed by atoms with Crippen molar-refractivity contribution in [2.75, 3.05) is 18.4 Å². The summed E-state index contributed by atoms with van der Waals surface area (Å²) < 4.78 is 2.17. The van der Waals surface area contributed by atoms with E-state index in [2.05, 4.69) is 46.3 Å². The van der Waals surface area contributed by atoms with Crippen molar-refractivity contribution in [2.45, 2.75) is 39.8 Å². The standard InChI is InChI=1S/C23H28N4OS/c1-4-26-14-11-18-20(15-26)29-22(27-12-7-8-13-27)21(18)17(3)24-23(28)25-19-10-6-5-9-16(19)2/h5-10,12-13,17H,4,11,14-15H2,1-3H3,(H2,24,25,28)/t17-/m1/s1. The van der Waals surface area contributed by atoms with Crippen LogP contribution in [0.15, 0.2) is 48.8 Å². The maximum absolute atomic E-state index is 12.7. The largest absolute Gasteiger partial charge is 0.331 e. The molecule has 152 valence electrons. The normalized spacial score (nSPS) is 15.0. The summed E-state index contributed by atoms with van der Waals surface area (Å²) in [5.74, 6) is 0. The van der Waals surface area contributed by atoms with E-state index in [1.54, 1.807) is 0 Å². The van der Waals surface area contributed by atoms with Crippen molar-refractivity contribution in [3.8, 4) is 5.00 Å². The second-order valence-corrected chi connectivity index (χ2v) is 8.65. The average molecular weight is 409 g/mol. The van der Waals surface area contributed by atoms with Gasteiger partial charge in [0, 0.05) is 41.6 Å². The van der Waals surface area contributed by atoms with Crippen molar-refractivity contribution >= 4 is 23.1 Å². The van der Waals surface area contributed by atoms with E-state index >= 15 is 0 Å².